The first kappa shape index (κ1) is 14.8. The zero-order chi connectivity index (χ0) is 13.1. The molecule has 0 radical (unpaired) electrons. The molecule has 6 heteroatoms. The first-order chi connectivity index (χ1) is 7.83. The van der Waals surface area contributed by atoms with Crippen LogP contribution in [0, 0.1) is 0 Å². The summed E-state index contributed by atoms with van der Waals surface area (Å²) in [5.41, 5.74) is 2.04. The Balaban J connectivity index is 2.85. The summed E-state index contributed by atoms with van der Waals surface area (Å²) in [6.07, 6.45) is 1.24. The second-order valence-electron chi connectivity index (χ2n) is 3.96. The molecule has 1 rings (SSSR count). The van der Waals surface area contributed by atoms with Crippen molar-refractivity contribution in [1.82, 2.24) is 0 Å². The minimum atomic E-state index is -2.93. The average Bonchev–Trinajstić information content (AvgIpc) is 2.24. The van der Waals surface area contributed by atoms with Crippen LogP contribution in [0.1, 0.15) is 5.56 Å². The van der Waals surface area contributed by atoms with Crippen molar-refractivity contribution in [3.63, 3.8) is 0 Å². The predicted molar refractivity (Wildman–Crippen MR) is 77.1 cm³/mol. The first-order valence-electron chi connectivity index (χ1n) is 5.07. The van der Waals surface area contributed by atoms with Crippen LogP contribution in [-0.2, 0) is 15.2 Å². The fourth-order valence-electron chi connectivity index (χ4n) is 1.46. The fourth-order valence-corrected chi connectivity index (χ4v) is 2.71. The maximum Gasteiger partial charge on any atom is 0.149 e. The number of anilines is 1. The first-order valence-corrected chi connectivity index (χ1v) is 8.63. The van der Waals surface area contributed by atoms with E-state index in [1.807, 2.05) is 24.1 Å². The lowest BCUT2D eigenvalue weighted by Gasteiger charge is -2.21. The third-order valence-corrected chi connectivity index (χ3v) is 4.16. The van der Waals surface area contributed by atoms with E-state index in [4.69, 9.17) is 11.6 Å². The predicted octanol–water partition coefficient (Wildman–Crippen LogP) is 2.72. The van der Waals surface area contributed by atoms with Crippen molar-refractivity contribution < 1.29 is 8.42 Å². The van der Waals surface area contributed by atoms with Crippen molar-refractivity contribution in [2.75, 3.05) is 30.5 Å². The largest absolute Gasteiger partial charge is 0.373 e. The fraction of sp³-hybridized carbons (Fsp3) is 0.455. The van der Waals surface area contributed by atoms with Crippen molar-refractivity contribution in [2.45, 2.75) is 5.33 Å². The lowest BCUT2D eigenvalue weighted by atomic mass is 10.2. The summed E-state index contributed by atoms with van der Waals surface area (Å²) in [6, 6.07) is 5.59. The van der Waals surface area contributed by atoms with E-state index in [2.05, 4.69) is 15.9 Å². The summed E-state index contributed by atoms with van der Waals surface area (Å²) in [4.78, 5) is 1.92. The number of rotatable bonds is 5. The second-order valence-corrected chi connectivity index (χ2v) is 7.22. The van der Waals surface area contributed by atoms with Gasteiger partial charge in [-0.3, -0.25) is 0 Å². The van der Waals surface area contributed by atoms with Crippen LogP contribution in [0.3, 0.4) is 0 Å². The van der Waals surface area contributed by atoms with Gasteiger partial charge in [0.1, 0.15) is 9.84 Å². The highest BCUT2D eigenvalue weighted by Gasteiger charge is 2.10. The average molecular weight is 341 g/mol. The number of alkyl halides is 1. The summed E-state index contributed by atoms with van der Waals surface area (Å²) in [6.45, 7) is 0.473. The molecule has 0 bridgehead atoms. The van der Waals surface area contributed by atoms with Crippen molar-refractivity contribution >= 4 is 43.1 Å². The summed E-state index contributed by atoms with van der Waals surface area (Å²) in [7, 11) is -1.06. The SMILES string of the molecule is CN(CCS(C)(=O)=O)c1ccc(Cl)cc1CBr. The van der Waals surface area contributed by atoms with Gasteiger partial charge in [0.05, 0.1) is 5.75 Å². The molecule has 0 fully saturated rings. The van der Waals surface area contributed by atoms with Crippen LogP contribution in [0.5, 0.6) is 0 Å². The number of nitrogens with zero attached hydrogens (tertiary/aromatic N) is 1. The summed E-state index contributed by atoms with van der Waals surface area (Å²) in [5.74, 6) is 0.147. The molecule has 0 heterocycles. The molecule has 17 heavy (non-hydrogen) atoms. The molecule has 0 aliphatic heterocycles. The Kier molecular flexibility index (Phi) is 5.28. The molecule has 0 aromatic heterocycles. The molecule has 0 spiro atoms. The van der Waals surface area contributed by atoms with E-state index in [0.717, 1.165) is 11.3 Å². The topological polar surface area (TPSA) is 37.4 Å². The van der Waals surface area contributed by atoms with Crippen LogP contribution in [0.4, 0.5) is 5.69 Å². The molecule has 0 saturated carbocycles. The molecular formula is C11H15BrClNO2S. The van der Waals surface area contributed by atoms with E-state index in [1.165, 1.54) is 6.26 Å². The van der Waals surface area contributed by atoms with Crippen LogP contribution >= 0.6 is 27.5 Å². The standard InChI is InChI=1S/C11H15BrClNO2S/c1-14(5-6-17(2,15)16)11-4-3-10(13)7-9(11)8-12/h3-4,7H,5-6,8H2,1-2H3. The molecule has 0 saturated heterocycles. The molecule has 0 unspecified atom stereocenters. The maximum atomic E-state index is 11.1. The molecule has 0 atom stereocenters. The molecule has 0 N–H and O–H groups in total. The van der Waals surface area contributed by atoms with Crippen LogP contribution in [-0.4, -0.2) is 34.0 Å². The van der Waals surface area contributed by atoms with Crippen LogP contribution in [0.25, 0.3) is 0 Å². The highest BCUT2D eigenvalue weighted by molar-refractivity contribution is 9.08. The van der Waals surface area contributed by atoms with Gasteiger partial charge in [-0.1, -0.05) is 27.5 Å². The van der Waals surface area contributed by atoms with Crippen LogP contribution in [0.2, 0.25) is 5.02 Å². The van der Waals surface area contributed by atoms with E-state index < -0.39 is 9.84 Å². The van der Waals surface area contributed by atoms with Gasteiger partial charge in [0.15, 0.2) is 0 Å². The number of hydrogen-bond acceptors (Lipinski definition) is 3. The van der Waals surface area contributed by atoms with Gasteiger partial charge in [0.2, 0.25) is 0 Å². The van der Waals surface area contributed by atoms with E-state index >= 15 is 0 Å². The summed E-state index contributed by atoms with van der Waals surface area (Å²) in [5, 5.41) is 1.37. The third kappa shape index (κ3) is 4.85. The summed E-state index contributed by atoms with van der Waals surface area (Å²) < 4.78 is 22.2. The Hall–Kier alpha value is -0.260. The molecule has 1 aromatic carbocycles. The number of sulfone groups is 1. The molecule has 0 amide bonds. The van der Waals surface area contributed by atoms with Gasteiger partial charge in [0, 0.05) is 35.9 Å². The van der Waals surface area contributed by atoms with Gasteiger partial charge in [-0.15, -0.1) is 0 Å². The Bertz CT molecular complexity index is 490. The Labute approximate surface area is 116 Å². The van der Waals surface area contributed by atoms with E-state index in [9.17, 15) is 8.42 Å². The smallest absolute Gasteiger partial charge is 0.149 e. The lowest BCUT2D eigenvalue weighted by molar-refractivity contribution is 0.601. The van der Waals surface area contributed by atoms with Crippen LogP contribution in [0.15, 0.2) is 18.2 Å². The minimum Gasteiger partial charge on any atom is -0.373 e. The third-order valence-electron chi connectivity index (χ3n) is 2.39. The number of halogens is 2. The zero-order valence-electron chi connectivity index (χ0n) is 9.78. The van der Waals surface area contributed by atoms with Crippen LogP contribution < -0.4 is 4.90 Å². The maximum absolute atomic E-state index is 11.1. The number of hydrogen-bond donors (Lipinski definition) is 0. The van der Waals surface area contributed by atoms with E-state index in [1.54, 1.807) is 6.07 Å². The molecule has 0 aliphatic rings. The van der Waals surface area contributed by atoms with Gasteiger partial charge in [0.25, 0.3) is 0 Å². The highest BCUT2D eigenvalue weighted by atomic mass is 79.9. The number of benzene rings is 1. The van der Waals surface area contributed by atoms with E-state index in [0.29, 0.717) is 16.9 Å². The summed E-state index contributed by atoms with van der Waals surface area (Å²) >= 11 is 9.31. The highest BCUT2D eigenvalue weighted by Crippen LogP contribution is 2.25. The molecule has 1 aromatic rings. The van der Waals surface area contributed by atoms with E-state index in [-0.39, 0.29) is 5.75 Å². The molecule has 3 nitrogen and oxygen atoms in total. The zero-order valence-corrected chi connectivity index (χ0v) is 12.9. The van der Waals surface area contributed by atoms with Crippen molar-refractivity contribution in [1.29, 1.82) is 0 Å². The Morgan fingerprint density at radius 3 is 2.59 bits per heavy atom. The molecule has 0 aliphatic carbocycles. The van der Waals surface area contributed by atoms with Gasteiger partial charge in [-0.2, -0.15) is 0 Å². The van der Waals surface area contributed by atoms with Gasteiger partial charge in [-0.25, -0.2) is 8.42 Å². The lowest BCUT2D eigenvalue weighted by Crippen LogP contribution is -2.25. The second kappa shape index (κ2) is 6.07. The van der Waals surface area contributed by atoms with Gasteiger partial charge < -0.3 is 4.90 Å². The monoisotopic (exact) mass is 339 g/mol. The molecular weight excluding hydrogens is 326 g/mol. The van der Waals surface area contributed by atoms with Crippen molar-refractivity contribution in [2.24, 2.45) is 0 Å². The van der Waals surface area contributed by atoms with Crippen molar-refractivity contribution in [3.05, 3.63) is 28.8 Å². The van der Waals surface area contributed by atoms with Gasteiger partial charge in [-0.05, 0) is 23.8 Å². The quantitative estimate of drug-likeness (QED) is 0.774. The van der Waals surface area contributed by atoms with Crippen molar-refractivity contribution in [3.8, 4) is 0 Å². The molecule has 96 valence electrons. The normalized spacial score (nSPS) is 11.5. The Morgan fingerprint density at radius 1 is 1.41 bits per heavy atom. The minimum absolute atomic E-state index is 0.147. The van der Waals surface area contributed by atoms with Gasteiger partial charge >= 0.3 is 0 Å². The Morgan fingerprint density at radius 2 is 2.06 bits per heavy atom.